The Balaban J connectivity index is 1.40. The highest BCUT2D eigenvalue weighted by Gasteiger charge is 2.20. The fraction of sp³-hybridized carbons (Fsp3) is 0.750. The van der Waals surface area contributed by atoms with E-state index in [1.807, 2.05) is 11.8 Å². The van der Waals surface area contributed by atoms with Gasteiger partial charge in [-0.2, -0.15) is 11.8 Å². The fourth-order valence-electron chi connectivity index (χ4n) is 3.15. The van der Waals surface area contributed by atoms with Gasteiger partial charge in [0.2, 0.25) is 0 Å². The van der Waals surface area contributed by atoms with Gasteiger partial charge in [0.1, 0.15) is 0 Å². The molecule has 0 amide bonds. The molecule has 128 valence electrons. The van der Waals surface area contributed by atoms with E-state index < -0.39 is 0 Å². The Morgan fingerprint density at radius 1 is 1.30 bits per heavy atom. The van der Waals surface area contributed by atoms with E-state index in [2.05, 4.69) is 32.1 Å². The standard InChI is InChI=1S/C16H27N5S2/c1-13-19-15(12-23-13)11-20-4-2-14(3-5-20)10-18-16(17)21-6-8-22-9-7-21/h12,14H,2-11H2,1H3,(H2,17,18). The number of nitrogens with two attached hydrogens (primary N) is 1. The van der Waals surface area contributed by atoms with Gasteiger partial charge in [-0.05, 0) is 38.8 Å². The van der Waals surface area contributed by atoms with Crippen molar-refractivity contribution < 1.29 is 0 Å². The molecule has 0 saturated carbocycles. The van der Waals surface area contributed by atoms with Gasteiger partial charge in [-0.3, -0.25) is 9.89 Å². The molecule has 2 saturated heterocycles. The van der Waals surface area contributed by atoms with Crippen molar-refractivity contribution in [1.82, 2.24) is 14.8 Å². The Bertz CT molecular complexity index is 516. The maximum Gasteiger partial charge on any atom is 0.191 e. The van der Waals surface area contributed by atoms with E-state index in [0.29, 0.717) is 5.92 Å². The maximum absolute atomic E-state index is 6.15. The van der Waals surface area contributed by atoms with E-state index >= 15 is 0 Å². The third kappa shape index (κ3) is 5.09. The Morgan fingerprint density at radius 2 is 2.04 bits per heavy atom. The summed E-state index contributed by atoms with van der Waals surface area (Å²) < 4.78 is 0. The van der Waals surface area contributed by atoms with E-state index in [9.17, 15) is 0 Å². The number of hydrogen-bond donors (Lipinski definition) is 1. The lowest BCUT2D eigenvalue weighted by molar-refractivity contribution is 0.179. The summed E-state index contributed by atoms with van der Waals surface area (Å²) in [4.78, 5) is 14.0. The Kier molecular flexibility index (Phi) is 6.19. The van der Waals surface area contributed by atoms with Gasteiger partial charge >= 0.3 is 0 Å². The quantitative estimate of drug-likeness (QED) is 0.663. The molecule has 3 rings (SSSR count). The number of piperidine rings is 1. The predicted octanol–water partition coefficient (Wildman–Crippen LogP) is 2.03. The zero-order valence-electron chi connectivity index (χ0n) is 13.9. The summed E-state index contributed by atoms with van der Waals surface area (Å²) in [5.74, 6) is 3.78. The second kappa shape index (κ2) is 8.35. The predicted molar refractivity (Wildman–Crippen MR) is 100 cm³/mol. The van der Waals surface area contributed by atoms with Crippen molar-refractivity contribution in [3.63, 3.8) is 0 Å². The fourth-order valence-corrected chi connectivity index (χ4v) is 4.66. The van der Waals surface area contributed by atoms with Gasteiger partial charge in [-0.1, -0.05) is 0 Å². The first-order chi connectivity index (χ1) is 11.2. The number of hydrogen-bond acceptors (Lipinski definition) is 5. The molecule has 3 heterocycles. The van der Waals surface area contributed by atoms with Crippen molar-refractivity contribution in [2.24, 2.45) is 16.6 Å². The van der Waals surface area contributed by atoms with Crippen molar-refractivity contribution >= 4 is 29.1 Å². The number of thiazole rings is 1. The van der Waals surface area contributed by atoms with Crippen LogP contribution in [-0.4, -0.2) is 65.0 Å². The second-order valence-electron chi connectivity index (χ2n) is 6.38. The van der Waals surface area contributed by atoms with Crippen LogP contribution in [0.3, 0.4) is 0 Å². The van der Waals surface area contributed by atoms with Gasteiger partial charge in [0, 0.05) is 43.1 Å². The van der Waals surface area contributed by atoms with Crippen LogP contribution in [-0.2, 0) is 6.54 Å². The summed E-state index contributed by atoms with van der Waals surface area (Å²) >= 11 is 3.75. The van der Waals surface area contributed by atoms with Gasteiger partial charge in [0.15, 0.2) is 5.96 Å². The molecular formula is C16H27N5S2. The maximum atomic E-state index is 6.15. The first-order valence-corrected chi connectivity index (χ1v) is 10.5. The summed E-state index contributed by atoms with van der Waals surface area (Å²) in [6, 6.07) is 0. The van der Waals surface area contributed by atoms with Crippen LogP contribution in [0.2, 0.25) is 0 Å². The molecule has 2 aliphatic rings. The highest BCUT2D eigenvalue weighted by Crippen LogP contribution is 2.20. The molecule has 0 atom stereocenters. The average molecular weight is 354 g/mol. The van der Waals surface area contributed by atoms with Crippen LogP contribution in [0.1, 0.15) is 23.5 Å². The lowest BCUT2D eigenvalue weighted by Gasteiger charge is -2.31. The molecule has 0 aliphatic carbocycles. The third-order valence-corrected chi connectivity index (χ3v) is 6.37. The molecule has 5 nitrogen and oxygen atoms in total. The van der Waals surface area contributed by atoms with Crippen molar-refractivity contribution in [3.05, 3.63) is 16.1 Å². The number of aliphatic imine (C=N–C) groups is 1. The Labute approximate surface area is 147 Å². The normalized spacial score (nSPS) is 21.8. The molecule has 2 aliphatic heterocycles. The van der Waals surface area contributed by atoms with Crippen LogP contribution in [0.5, 0.6) is 0 Å². The van der Waals surface area contributed by atoms with Crippen molar-refractivity contribution in [1.29, 1.82) is 0 Å². The second-order valence-corrected chi connectivity index (χ2v) is 8.66. The molecule has 0 radical (unpaired) electrons. The number of rotatable bonds is 4. The summed E-state index contributed by atoms with van der Waals surface area (Å²) in [7, 11) is 0. The largest absolute Gasteiger partial charge is 0.370 e. The van der Waals surface area contributed by atoms with Gasteiger partial charge in [0.25, 0.3) is 0 Å². The highest BCUT2D eigenvalue weighted by atomic mass is 32.2. The summed E-state index contributed by atoms with van der Waals surface area (Å²) in [6.45, 7) is 8.35. The number of thioether (sulfide) groups is 1. The number of nitrogens with zero attached hydrogens (tertiary/aromatic N) is 4. The number of likely N-dealkylation sites (tertiary alicyclic amines) is 1. The van der Waals surface area contributed by atoms with Gasteiger partial charge in [-0.15, -0.1) is 11.3 Å². The SMILES string of the molecule is Cc1nc(CN2CCC(CN=C(N)N3CCSCC3)CC2)cs1. The van der Waals surface area contributed by atoms with E-state index in [0.717, 1.165) is 50.2 Å². The molecule has 2 fully saturated rings. The molecular weight excluding hydrogens is 326 g/mol. The molecule has 23 heavy (non-hydrogen) atoms. The van der Waals surface area contributed by atoms with Crippen molar-refractivity contribution in [2.75, 3.05) is 44.2 Å². The number of aryl methyl sites for hydroxylation is 1. The monoisotopic (exact) mass is 353 g/mol. The minimum Gasteiger partial charge on any atom is -0.370 e. The van der Waals surface area contributed by atoms with E-state index in [1.165, 1.54) is 30.0 Å². The number of aromatic nitrogens is 1. The van der Waals surface area contributed by atoms with Crippen molar-refractivity contribution in [2.45, 2.75) is 26.3 Å². The van der Waals surface area contributed by atoms with Crippen LogP contribution in [0, 0.1) is 12.8 Å². The zero-order chi connectivity index (χ0) is 16.1. The molecule has 0 unspecified atom stereocenters. The summed E-state index contributed by atoms with van der Waals surface area (Å²) in [5.41, 5.74) is 7.37. The lowest BCUT2D eigenvalue weighted by Crippen LogP contribution is -2.43. The highest BCUT2D eigenvalue weighted by molar-refractivity contribution is 7.99. The lowest BCUT2D eigenvalue weighted by atomic mass is 9.97. The number of guanidine groups is 1. The smallest absolute Gasteiger partial charge is 0.191 e. The molecule has 7 heteroatoms. The topological polar surface area (TPSA) is 57.8 Å². The first kappa shape index (κ1) is 17.0. The van der Waals surface area contributed by atoms with Crippen LogP contribution in [0.25, 0.3) is 0 Å². The minimum absolute atomic E-state index is 0.682. The molecule has 2 N–H and O–H groups in total. The first-order valence-electron chi connectivity index (χ1n) is 8.46. The Morgan fingerprint density at radius 3 is 2.70 bits per heavy atom. The third-order valence-electron chi connectivity index (χ3n) is 4.61. The van der Waals surface area contributed by atoms with Crippen molar-refractivity contribution in [3.8, 4) is 0 Å². The van der Waals surface area contributed by atoms with Crippen LogP contribution < -0.4 is 5.73 Å². The van der Waals surface area contributed by atoms with E-state index in [-0.39, 0.29) is 0 Å². The molecule has 1 aromatic heterocycles. The van der Waals surface area contributed by atoms with Gasteiger partial charge in [-0.25, -0.2) is 4.98 Å². The van der Waals surface area contributed by atoms with Gasteiger partial charge < -0.3 is 10.6 Å². The van der Waals surface area contributed by atoms with E-state index in [4.69, 9.17) is 5.73 Å². The molecule has 1 aromatic rings. The Hall–Kier alpha value is -0.790. The minimum atomic E-state index is 0.682. The molecule has 0 aromatic carbocycles. The van der Waals surface area contributed by atoms with E-state index in [1.54, 1.807) is 11.3 Å². The molecule has 0 spiro atoms. The average Bonchev–Trinajstić information content (AvgIpc) is 2.99. The summed E-state index contributed by atoms with van der Waals surface area (Å²) in [5, 5.41) is 3.35. The zero-order valence-corrected chi connectivity index (χ0v) is 15.5. The molecule has 0 bridgehead atoms. The van der Waals surface area contributed by atoms with Crippen LogP contribution in [0.15, 0.2) is 10.4 Å². The van der Waals surface area contributed by atoms with Gasteiger partial charge in [0.05, 0.1) is 10.7 Å². The summed E-state index contributed by atoms with van der Waals surface area (Å²) in [6.07, 6.45) is 2.44. The van der Waals surface area contributed by atoms with Crippen LogP contribution >= 0.6 is 23.1 Å². The van der Waals surface area contributed by atoms with Crippen LogP contribution in [0.4, 0.5) is 0 Å².